The minimum atomic E-state index is -0.346. The monoisotopic (exact) mass is 777 g/mol. The second-order valence-electron chi connectivity index (χ2n) is 15.5. The minimum absolute atomic E-state index is 0.0334. The topological polar surface area (TPSA) is 101 Å². The Morgan fingerprint density at radius 1 is 0.879 bits per heavy atom. The van der Waals surface area contributed by atoms with Crippen molar-refractivity contribution in [1.29, 1.82) is 0 Å². The van der Waals surface area contributed by atoms with Gasteiger partial charge in [-0.25, -0.2) is 14.4 Å². The Bertz CT molecular complexity index is 2370. The number of likely N-dealkylation sites (tertiary alicyclic amines) is 1. The fraction of sp³-hybridized carbons (Fsp3) is 0.333. The van der Waals surface area contributed by atoms with Gasteiger partial charge in [-0.15, -0.1) is 0 Å². The summed E-state index contributed by atoms with van der Waals surface area (Å²) in [5.41, 5.74) is 9.03. The average molecular weight is 778 g/mol. The number of nitrogens with one attached hydrogen (secondary N) is 2. The first-order valence-corrected chi connectivity index (χ1v) is 20.8. The van der Waals surface area contributed by atoms with Crippen molar-refractivity contribution >= 4 is 11.8 Å². The number of hydrogen-bond donors (Lipinski definition) is 2. The normalized spacial score (nSPS) is 15.3. The number of amides is 2. The van der Waals surface area contributed by atoms with Gasteiger partial charge in [0.2, 0.25) is 11.8 Å². The maximum Gasteiger partial charge on any atom is 0.245 e. The zero-order chi connectivity index (χ0) is 40.2. The van der Waals surface area contributed by atoms with E-state index in [4.69, 9.17) is 4.98 Å². The largest absolute Gasteiger partial charge is 0.344 e. The molecule has 0 radical (unpaired) electrons. The lowest BCUT2D eigenvalue weighted by Crippen LogP contribution is -2.43. The Hall–Kier alpha value is -5.87. The number of aromatic nitrogens is 4. The highest BCUT2D eigenvalue weighted by Crippen LogP contribution is 2.40. The number of aromatic amines is 2. The van der Waals surface area contributed by atoms with E-state index in [1.165, 1.54) is 5.56 Å². The van der Waals surface area contributed by atoms with Crippen molar-refractivity contribution < 1.29 is 14.0 Å². The summed E-state index contributed by atoms with van der Waals surface area (Å²) >= 11 is 0. The lowest BCUT2D eigenvalue weighted by molar-refractivity contribution is -0.138. The molecule has 3 heterocycles. The molecule has 2 N–H and O–H groups in total. The Morgan fingerprint density at radius 3 is 2.33 bits per heavy atom. The van der Waals surface area contributed by atoms with Gasteiger partial charge in [0.05, 0.1) is 36.6 Å². The predicted octanol–water partition coefficient (Wildman–Crippen LogP) is 9.10. The predicted molar refractivity (Wildman–Crippen MR) is 226 cm³/mol. The van der Waals surface area contributed by atoms with Crippen LogP contribution in [0.4, 0.5) is 4.39 Å². The van der Waals surface area contributed by atoms with Crippen LogP contribution < -0.4 is 0 Å². The van der Waals surface area contributed by atoms with Crippen molar-refractivity contribution in [3.63, 3.8) is 0 Å². The maximum absolute atomic E-state index is 15.8. The molecule has 2 aliphatic rings. The number of imidazole rings is 2. The van der Waals surface area contributed by atoms with Gasteiger partial charge in [-0.2, -0.15) is 0 Å². The summed E-state index contributed by atoms with van der Waals surface area (Å²) in [4.78, 5) is 50.2. The Balaban J connectivity index is 0.978. The number of hydrogen-bond acceptors (Lipinski definition) is 5. The molecule has 58 heavy (non-hydrogen) atoms. The zero-order valence-electron chi connectivity index (χ0n) is 33.7. The van der Waals surface area contributed by atoms with Crippen LogP contribution in [0.25, 0.3) is 33.6 Å². The molecule has 1 aliphatic carbocycles. The van der Waals surface area contributed by atoms with Gasteiger partial charge in [0.15, 0.2) is 0 Å². The molecule has 6 aromatic rings. The SMILES string of the molecule is CCCN(Cc1ncc(-c2ccc(-c3ccc4c(c3)CCc3[nH]c([C@@H]5CCCN5C(=O)[C@@H](c5ccccc5)N(CC)CC)nc3-4)cc2F)[nH]1)C(=O)Cc1ccccc1. The van der Waals surface area contributed by atoms with Crippen LogP contribution in [-0.2, 0) is 35.4 Å². The fourth-order valence-electron chi connectivity index (χ4n) is 8.79. The van der Waals surface area contributed by atoms with E-state index in [0.717, 1.165) is 90.2 Å². The fourth-order valence-corrected chi connectivity index (χ4v) is 8.79. The molecule has 1 saturated heterocycles. The Morgan fingerprint density at radius 2 is 1.60 bits per heavy atom. The summed E-state index contributed by atoms with van der Waals surface area (Å²) < 4.78 is 15.8. The first kappa shape index (κ1) is 39.0. The Kier molecular flexibility index (Phi) is 11.6. The van der Waals surface area contributed by atoms with Crippen LogP contribution in [0.15, 0.2) is 103 Å². The summed E-state index contributed by atoms with van der Waals surface area (Å²) in [6, 6.07) is 31.0. The van der Waals surface area contributed by atoms with E-state index in [9.17, 15) is 9.59 Å². The first-order valence-electron chi connectivity index (χ1n) is 20.8. The smallest absolute Gasteiger partial charge is 0.245 e. The van der Waals surface area contributed by atoms with E-state index in [2.05, 4.69) is 58.0 Å². The molecule has 10 heteroatoms. The van der Waals surface area contributed by atoms with Crippen LogP contribution in [0, 0.1) is 5.82 Å². The van der Waals surface area contributed by atoms with Crippen molar-refractivity contribution in [2.45, 2.75) is 77.9 Å². The number of carbonyl (C=O) groups is 2. The lowest BCUT2D eigenvalue weighted by Gasteiger charge is -2.34. The molecular weight excluding hydrogens is 726 g/mol. The van der Waals surface area contributed by atoms with Crippen LogP contribution in [0.1, 0.15) is 86.2 Å². The number of H-pyrrole nitrogens is 2. The number of carbonyl (C=O) groups excluding carboxylic acids is 2. The standard InChI is InChI=1S/C48H52FN7O2/c1-4-25-55(44(57)27-32-14-9-7-10-15-32)31-43-50-30-41(51-43)38-23-20-35(29-39(38)49)34-19-22-37-36(28-34)21-24-40-45(37)53-47(52-40)42-18-13-26-56(42)48(58)46(54(5-2)6-3)33-16-11-8-12-17-33/h7-12,14-17,19-20,22-23,28-30,42,46H,4-6,13,18,21,24-27,31H2,1-3H3,(H,50,51)(H,52,53)/t42-,46+/m0/s1. The molecule has 0 spiro atoms. The molecule has 1 fully saturated rings. The highest BCUT2D eigenvalue weighted by atomic mass is 19.1. The minimum Gasteiger partial charge on any atom is -0.344 e. The summed E-state index contributed by atoms with van der Waals surface area (Å²) in [7, 11) is 0. The number of likely N-dealkylation sites (N-methyl/N-ethyl adjacent to an activating group) is 1. The van der Waals surface area contributed by atoms with E-state index in [1.807, 2.05) is 72.5 Å². The van der Waals surface area contributed by atoms with E-state index >= 15 is 4.39 Å². The highest BCUT2D eigenvalue weighted by Gasteiger charge is 2.38. The number of halogens is 1. The molecule has 298 valence electrons. The van der Waals surface area contributed by atoms with Crippen LogP contribution in [0.3, 0.4) is 0 Å². The van der Waals surface area contributed by atoms with E-state index < -0.39 is 0 Å². The van der Waals surface area contributed by atoms with Gasteiger partial charge in [0.25, 0.3) is 0 Å². The Labute approximate surface area is 340 Å². The number of aryl methyl sites for hydroxylation is 2. The van der Waals surface area contributed by atoms with Gasteiger partial charge in [0.1, 0.15) is 23.5 Å². The first-order chi connectivity index (χ1) is 28.3. The van der Waals surface area contributed by atoms with Crippen molar-refractivity contribution in [1.82, 2.24) is 34.6 Å². The molecule has 2 amide bonds. The van der Waals surface area contributed by atoms with Crippen molar-refractivity contribution in [2.75, 3.05) is 26.2 Å². The average Bonchev–Trinajstić information content (AvgIpc) is 4.03. The second kappa shape index (κ2) is 17.3. The van der Waals surface area contributed by atoms with E-state index in [0.29, 0.717) is 43.1 Å². The summed E-state index contributed by atoms with van der Waals surface area (Å²) in [5, 5.41) is 0. The molecule has 2 atom stereocenters. The number of rotatable bonds is 14. The van der Waals surface area contributed by atoms with Gasteiger partial charge in [0, 0.05) is 29.9 Å². The van der Waals surface area contributed by atoms with E-state index in [-0.39, 0.29) is 29.7 Å². The molecule has 0 saturated carbocycles. The summed E-state index contributed by atoms with van der Waals surface area (Å²) in [6.45, 7) is 9.50. The van der Waals surface area contributed by atoms with Crippen molar-refractivity contribution in [3.05, 3.63) is 143 Å². The highest BCUT2D eigenvalue weighted by molar-refractivity contribution is 5.84. The molecule has 2 aromatic heterocycles. The maximum atomic E-state index is 15.8. The van der Waals surface area contributed by atoms with Crippen LogP contribution in [0.5, 0.6) is 0 Å². The van der Waals surface area contributed by atoms with Gasteiger partial charge < -0.3 is 19.8 Å². The number of nitrogens with zero attached hydrogens (tertiary/aromatic N) is 5. The molecule has 9 nitrogen and oxygen atoms in total. The third-order valence-corrected chi connectivity index (χ3v) is 11.8. The number of fused-ring (bicyclic) bond motifs is 3. The second-order valence-corrected chi connectivity index (χ2v) is 15.5. The van der Waals surface area contributed by atoms with Gasteiger partial charge in [-0.3, -0.25) is 14.5 Å². The lowest BCUT2D eigenvalue weighted by atomic mass is 9.89. The van der Waals surface area contributed by atoms with Gasteiger partial charge >= 0.3 is 0 Å². The molecule has 0 unspecified atom stereocenters. The molecule has 1 aliphatic heterocycles. The molecular formula is C48H52FN7O2. The molecule has 0 bridgehead atoms. The summed E-state index contributed by atoms with van der Waals surface area (Å²) in [5.74, 6) is 1.29. The summed E-state index contributed by atoms with van der Waals surface area (Å²) in [6.07, 6.45) is 6.25. The third kappa shape index (κ3) is 7.98. The molecule has 8 rings (SSSR count). The van der Waals surface area contributed by atoms with Crippen molar-refractivity contribution in [3.8, 4) is 33.6 Å². The molecule has 4 aromatic carbocycles. The van der Waals surface area contributed by atoms with Crippen molar-refractivity contribution in [2.24, 2.45) is 0 Å². The van der Waals surface area contributed by atoms with Crippen LogP contribution >= 0.6 is 0 Å². The van der Waals surface area contributed by atoms with Crippen LogP contribution in [0.2, 0.25) is 0 Å². The number of benzene rings is 4. The van der Waals surface area contributed by atoms with E-state index in [1.54, 1.807) is 23.2 Å². The van der Waals surface area contributed by atoms with Gasteiger partial charge in [-0.1, -0.05) is 106 Å². The third-order valence-electron chi connectivity index (χ3n) is 11.8. The zero-order valence-corrected chi connectivity index (χ0v) is 33.7. The van der Waals surface area contributed by atoms with Gasteiger partial charge in [-0.05, 0) is 85.1 Å². The van der Waals surface area contributed by atoms with Crippen LogP contribution in [-0.4, -0.2) is 72.6 Å². The quantitative estimate of drug-likeness (QED) is 0.115.